The van der Waals surface area contributed by atoms with Crippen molar-refractivity contribution in [2.75, 3.05) is 14.2 Å². The van der Waals surface area contributed by atoms with Gasteiger partial charge in [0.15, 0.2) is 0 Å². The summed E-state index contributed by atoms with van der Waals surface area (Å²) in [7, 11) is 3.96. The topological polar surface area (TPSA) is 24.5 Å². The first-order valence-corrected chi connectivity index (χ1v) is 6.18. The van der Waals surface area contributed by atoms with Gasteiger partial charge in [-0.15, -0.1) is 0 Å². The Morgan fingerprint density at radius 2 is 1.87 bits per heavy atom. The van der Waals surface area contributed by atoms with E-state index in [1.165, 1.54) is 25.7 Å². The summed E-state index contributed by atoms with van der Waals surface area (Å²) in [6, 6.07) is 1.45. The van der Waals surface area contributed by atoms with Crippen LogP contribution in [-0.2, 0) is 4.84 Å². The quantitative estimate of drug-likeness (QED) is 0.745. The molecule has 0 spiro atoms. The Bertz CT molecular complexity index is 252. The molecule has 0 aromatic heterocycles. The Morgan fingerprint density at radius 1 is 1.27 bits per heavy atom. The minimum Gasteiger partial charge on any atom is -0.316 e. The van der Waals surface area contributed by atoms with Crippen molar-refractivity contribution in [1.82, 2.24) is 10.4 Å². The van der Waals surface area contributed by atoms with Crippen molar-refractivity contribution >= 4 is 0 Å². The van der Waals surface area contributed by atoms with Crippen molar-refractivity contribution < 1.29 is 4.84 Å². The van der Waals surface area contributed by atoms with Crippen LogP contribution in [0.2, 0.25) is 0 Å². The van der Waals surface area contributed by atoms with E-state index in [-0.39, 0.29) is 0 Å². The predicted octanol–water partition coefficient (Wildman–Crippen LogP) is 1.40. The van der Waals surface area contributed by atoms with Crippen LogP contribution in [0.1, 0.15) is 32.6 Å². The van der Waals surface area contributed by atoms with Crippen LogP contribution in [0, 0.1) is 11.8 Å². The highest BCUT2D eigenvalue weighted by Crippen LogP contribution is 2.54. The lowest BCUT2D eigenvalue weighted by Crippen LogP contribution is -2.69. The summed E-state index contributed by atoms with van der Waals surface area (Å²) in [5.74, 6) is 1.76. The van der Waals surface area contributed by atoms with Crippen LogP contribution < -0.4 is 5.32 Å². The second-order valence-electron chi connectivity index (χ2n) is 5.87. The molecule has 0 radical (unpaired) electrons. The van der Waals surface area contributed by atoms with E-state index in [1.54, 1.807) is 0 Å². The number of nitrogens with zero attached hydrogens (tertiary/aromatic N) is 1. The van der Waals surface area contributed by atoms with E-state index in [2.05, 4.69) is 24.4 Å². The maximum Gasteiger partial charge on any atom is 0.0575 e. The van der Waals surface area contributed by atoms with E-state index in [4.69, 9.17) is 4.84 Å². The zero-order valence-corrected chi connectivity index (χ0v) is 9.99. The molecule has 2 unspecified atom stereocenters. The summed E-state index contributed by atoms with van der Waals surface area (Å²) in [5, 5.41) is 5.84. The Balaban J connectivity index is 1.90. The second-order valence-corrected chi connectivity index (χ2v) is 5.87. The number of hydrogen-bond acceptors (Lipinski definition) is 3. The third-order valence-electron chi connectivity index (χ3n) is 4.96. The average molecular weight is 210 g/mol. The van der Waals surface area contributed by atoms with Gasteiger partial charge in [0.25, 0.3) is 0 Å². The minimum absolute atomic E-state index is 0.318. The molecule has 2 aliphatic heterocycles. The lowest BCUT2D eigenvalue weighted by molar-refractivity contribution is -0.291. The summed E-state index contributed by atoms with van der Waals surface area (Å²) in [5.41, 5.74) is 0.318. The Kier molecular flexibility index (Phi) is 2.14. The third kappa shape index (κ3) is 1.23. The molecule has 3 heteroatoms. The van der Waals surface area contributed by atoms with Crippen molar-refractivity contribution in [1.29, 1.82) is 0 Å². The fourth-order valence-electron chi connectivity index (χ4n) is 4.76. The Morgan fingerprint density at radius 3 is 2.27 bits per heavy atom. The van der Waals surface area contributed by atoms with Gasteiger partial charge in [-0.25, -0.2) is 0 Å². The summed E-state index contributed by atoms with van der Waals surface area (Å²) >= 11 is 0. The van der Waals surface area contributed by atoms with E-state index >= 15 is 0 Å². The SMILES string of the molecule is CNC1C2CC3CC1CC(C)(C2)N3OC. The summed E-state index contributed by atoms with van der Waals surface area (Å²) in [6.07, 6.45) is 5.26. The fourth-order valence-corrected chi connectivity index (χ4v) is 4.76. The molecule has 2 saturated carbocycles. The highest BCUT2D eigenvalue weighted by atomic mass is 16.7. The minimum atomic E-state index is 0.318. The van der Waals surface area contributed by atoms with E-state index in [0.29, 0.717) is 11.6 Å². The molecule has 4 rings (SSSR count). The zero-order valence-electron chi connectivity index (χ0n) is 9.99. The maximum absolute atomic E-state index is 5.61. The van der Waals surface area contributed by atoms with E-state index in [1.807, 2.05) is 7.11 Å². The summed E-state index contributed by atoms with van der Waals surface area (Å²) in [6.45, 7) is 2.38. The molecule has 2 aliphatic carbocycles. The standard InChI is InChI=1S/C12H22N2O/c1-12-6-8-4-10(14(12)15-3)5-9(7-12)11(8)13-2/h8-11,13H,4-7H2,1-3H3. The van der Waals surface area contributed by atoms with E-state index < -0.39 is 0 Å². The van der Waals surface area contributed by atoms with E-state index in [0.717, 1.165) is 17.9 Å². The summed E-state index contributed by atoms with van der Waals surface area (Å²) < 4.78 is 0. The summed E-state index contributed by atoms with van der Waals surface area (Å²) in [4.78, 5) is 5.61. The van der Waals surface area contributed by atoms with Gasteiger partial charge in [0.05, 0.1) is 7.11 Å². The molecule has 4 fully saturated rings. The van der Waals surface area contributed by atoms with Crippen LogP contribution in [0.3, 0.4) is 0 Å². The molecule has 2 atom stereocenters. The van der Waals surface area contributed by atoms with Gasteiger partial charge >= 0.3 is 0 Å². The van der Waals surface area contributed by atoms with Gasteiger partial charge in [0.2, 0.25) is 0 Å². The normalized spacial score (nSPS) is 53.8. The smallest absolute Gasteiger partial charge is 0.0575 e. The number of rotatable bonds is 2. The van der Waals surface area contributed by atoms with Crippen LogP contribution in [0.5, 0.6) is 0 Å². The highest BCUT2D eigenvalue weighted by molar-refractivity contribution is 5.10. The first-order valence-electron chi connectivity index (χ1n) is 6.18. The van der Waals surface area contributed by atoms with Crippen molar-refractivity contribution in [3.8, 4) is 0 Å². The van der Waals surface area contributed by atoms with Gasteiger partial charge in [-0.05, 0) is 51.5 Å². The van der Waals surface area contributed by atoms with Crippen molar-refractivity contribution in [2.45, 2.75) is 50.2 Å². The first kappa shape index (κ1) is 10.1. The van der Waals surface area contributed by atoms with Crippen LogP contribution >= 0.6 is 0 Å². The number of hydroxylamine groups is 2. The van der Waals surface area contributed by atoms with E-state index in [9.17, 15) is 0 Å². The van der Waals surface area contributed by atoms with Gasteiger partial charge in [0.1, 0.15) is 0 Å². The Labute approximate surface area is 92.1 Å². The molecule has 2 saturated heterocycles. The van der Waals surface area contributed by atoms with Crippen LogP contribution in [-0.4, -0.2) is 36.8 Å². The molecule has 4 aliphatic rings. The molecule has 0 aromatic carbocycles. The Hall–Kier alpha value is -0.120. The van der Waals surface area contributed by atoms with Gasteiger partial charge < -0.3 is 10.2 Å². The van der Waals surface area contributed by atoms with Crippen LogP contribution in [0.4, 0.5) is 0 Å². The lowest BCUT2D eigenvalue weighted by Gasteiger charge is -2.63. The molecule has 2 heterocycles. The monoisotopic (exact) mass is 210 g/mol. The highest BCUT2D eigenvalue weighted by Gasteiger charge is 2.57. The molecule has 15 heavy (non-hydrogen) atoms. The molecule has 1 N–H and O–H groups in total. The van der Waals surface area contributed by atoms with Gasteiger partial charge in [-0.3, -0.25) is 0 Å². The number of piperidine rings is 2. The largest absolute Gasteiger partial charge is 0.316 e. The molecule has 0 aromatic rings. The first-order chi connectivity index (χ1) is 7.18. The van der Waals surface area contributed by atoms with Gasteiger partial charge in [-0.1, -0.05) is 0 Å². The lowest BCUT2D eigenvalue weighted by atomic mass is 9.57. The zero-order chi connectivity index (χ0) is 10.6. The van der Waals surface area contributed by atoms with Crippen molar-refractivity contribution in [3.63, 3.8) is 0 Å². The molecule has 4 bridgehead atoms. The van der Waals surface area contributed by atoms with Crippen LogP contribution in [0.25, 0.3) is 0 Å². The predicted molar refractivity (Wildman–Crippen MR) is 59.3 cm³/mol. The van der Waals surface area contributed by atoms with Gasteiger partial charge in [0, 0.05) is 17.6 Å². The van der Waals surface area contributed by atoms with Crippen molar-refractivity contribution in [2.24, 2.45) is 11.8 Å². The molecule has 3 nitrogen and oxygen atoms in total. The van der Waals surface area contributed by atoms with Gasteiger partial charge in [-0.2, -0.15) is 5.06 Å². The number of nitrogens with one attached hydrogen (secondary N) is 1. The second kappa shape index (κ2) is 3.19. The van der Waals surface area contributed by atoms with Crippen LogP contribution in [0.15, 0.2) is 0 Å². The average Bonchev–Trinajstić information content (AvgIpc) is 2.15. The molecule has 86 valence electrons. The third-order valence-corrected chi connectivity index (χ3v) is 4.96. The molecular formula is C12H22N2O. The number of hydrogen-bond donors (Lipinski definition) is 1. The maximum atomic E-state index is 5.61. The fraction of sp³-hybridized carbons (Fsp3) is 1.00. The molecule has 0 amide bonds. The van der Waals surface area contributed by atoms with Crippen molar-refractivity contribution in [3.05, 3.63) is 0 Å². The molecular weight excluding hydrogens is 188 g/mol.